The van der Waals surface area contributed by atoms with Crippen LogP contribution in [0.25, 0.3) is 5.65 Å². The molecule has 0 spiro atoms. The normalized spacial score (nSPS) is 14.5. The van der Waals surface area contributed by atoms with E-state index in [-0.39, 0.29) is 0 Å². The van der Waals surface area contributed by atoms with Gasteiger partial charge in [0.1, 0.15) is 5.82 Å². The Hall–Kier alpha value is -2.71. The fourth-order valence-corrected chi connectivity index (χ4v) is 3.30. The van der Waals surface area contributed by atoms with Gasteiger partial charge in [-0.15, -0.1) is 5.10 Å². The van der Waals surface area contributed by atoms with Gasteiger partial charge in [0, 0.05) is 33.0 Å². The number of anilines is 1. The van der Waals surface area contributed by atoms with Crippen LogP contribution in [0.3, 0.4) is 0 Å². The van der Waals surface area contributed by atoms with Gasteiger partial charge in [0.25, 0.3) is 5.88 Å². The lowest BCUT2D eigenvalue weighted by atomic mass is 10.3. The van der Waals surface area contributed by atoms with E-state index in [2.05, 4.69) is 25.1 Å². The molecule has 26 heavy (non-hydrogen) atoms. The van der Waals surface area contributed by atoms with Gasteiger partial charge in [-0.2, -0.15) is 15.1 Å². The average Bonchev–Trinajstić information content (AvgIpc) is 3.34. The van der Waals surface area contributed by atoms with Gasteiger partial charge in [-0.1, -0.05) is 0 Å². The molecule has 3 aromatic heterocycles. The highest BCUT2D eigenvalue weighted by Crippen LogP contribution is 2.20. The van der Waals surface area contributed by atoms with Crippen molar-refractivity contribution >= 4 is 11.6 Å². The van der Waals surface area contributed by atoms with Crippen LogP contribution in [0.1, 0.15) is 35.9 Å². The number of fused-ring (bicyclic) bond motifs is 1. The van der Waals surface area contributed by atoms with Crippen molar-refractivity contribution in [1.29, 1.82) is 0 Å². The second-order valence-electron chi connectivity index (χ2n) is 6.70. The Balaban J connectivity index is 1.57. The van der Waals surface area contributed by atoms with Gasteiger partial charge < -0.3 is 9.64 Å². The zero-order chi connectivity index (χ0) is 18.3. The second kappa shape index (κ2) is 6.54. The third kappa shape index (κ3) is 2.87. The van der Waals surface area contributed by atoms with Crippen molar-refractivity contribution < 1.29 is 4.74 Å². The van der Waals surface area contributed by atoms with Crippen molar-refractivity contribution in [2.24, 2.45) is 7.05 Å². The number of ether oxygens (including phenoxy) is 1. The van der Waals surface area contributed by atoms with Crippen LogP contribution in [-0.2, 0) is 19.9 Å². The number of nitrogens with zero attached hydrogens (tertiary/aromatic N) is 8. The summed E-state index contributed by atoms with van der Waals surface area (Å²) in [5, 5.41) is 9.19. The second-order valence-corrected chi connectivity index (χ2v) is 6.70. The minimum Gasteiger partial charge on any atom is -0.478 e. The number of hydrogen-bond donors (Lipinski definition) is 0. The smallest absolute Gasteiger partial charge is 0.261 e. The lowest BCUT2D eigenvalue weighted by molar-refractivity contribution is 0.395. The first-order valence-corrected chi connectivity index (χ1v) is 8.98. The SMILES string of the molecule is COc1nc(CCc2nc(N3CCCC3)nn2C)nn2c(C)c(C)nc12. The summed E-state index contributed by atoms with van der Waals surface area (Å²) in [7, 11) is 3.55. The van der Waals surface area contributed by atoms with Gasteiger partial charge in [-0.25, -0.2) is 9.50 Å². The van der Waals surface area contributed by atoms with Gasteiger partial charge in [-0.05, 0) is 26.7 Å². The monoisotopic (exact) mass is 356 g/mol. The molecule has 0 radical (unpaired) electrons. The highest BCUT2D eigenvalue weighted by Gasteiger charge is 2.19. The van der Waals surface area contributed by atoms with E-state index in [9.17, 15) is 0 Å². The van der Waals surface area contributed by atoms with E-state index in [0.29, 0.717) is 23.8 Å². The summed E-state index contributed by atoms with van der Waals surface area (Å²) in [6.45, 7) is 6.04. The van der Waals surface area contributed by atoms with Gasteiger partial charge in [-0.3, -0.25) is 4.68 Å². The molecule has 0 saturated carbocycles. The number of hydrogen-bond acceptors (Lipinski definition) is 7. The van der Waals surface area contributed by atoms with Crippen LogP contribution in [-0.4, -0.2) is 54.5 Å². The molecule has 0 aliphatic carbocycles. The van der Waals surface area contributed by atoms with Crippen LogP contribution in [0.4, 0.5) is 5.95 Å². The summed E-state index contributed by atoms with van der Waals surface area (Å²) >= 11 is 0. The summed E-state index contributed by atoms with van der Waals surface area (Å²) in [6.07, 6.45) is 3.81. The highest BCUT2D eigenvalue weighted by atomic mass is 16.5. The Kier molecular flexibility index (Phi) is 4.21. The van der Waals surface area contributed by atoms with E-state index in [1.807, 2.05) is 30.1 Å². The molecule has 0 N–H and O–H groups in total. The lowest BCUT2D eigenvalue weighted by Crippen LogP contribution is -2.19. The van der Waals surface area contributed by atoms with Crippen LogP contribution in [0, 0.1) is 13.8 Å². The molecule has 0 amide bonds. The maximum absolute atomic E-state index is 5.41. The first kappa shape index (κ1) is 16.7. The highest BCUT2D eigenvalue weighted by molar-refractivity contribution is 5.50. The maximum atomic E-state index is 5.41. The Labute approximate surface area is 152 Å². The van der Waals surface area contributed by atoms with Crippen LogP contribution in [0.5, 0.6) is 5.88 Å². The van der Waals surface area contributed by atoms with Crippen LogP contribution < -0.4 is 9.64 Å². The summed E-state index contributed by atoms with van der Waals surface area (Å²) in [4.78, 5) is 16.0. The predicted molar refractivity (Wildman–Crippen MR) is 96.7 cm³/mol. The number of aryl methyl sites for hydroxylation is 5. The van der Waals surface area contributed by atoms with Gasteiger partial charge in [0.05, 0.1) is 18.5 Å². The van der Waals surface area contributed by atoms with Crippen molar-refractivity contribution in [1.82, 2.24) is 34.3 Å². The number of imidazole rings is 1. The fraction of sp³-hybridized carbons (Fsp3) is 0.588. The molecule has 3 aromatic rings. The summed E-state index contributed by atoms with van der Waals surface area (Å²) in [5.74, 6) is 2.98. The molecule has 1 aliphatic heterocycles. The van der Waals surface area contributed by atoms with E-state index in [1.165, 1.54) is 12.8 Å². The van der Waals surface area contributed by atoms with E-state index in [0.717, 1.165) is 42.7 Å². The molecule has 9 heteroatoms. The van der Waals surface area contributed by atoms with Gasteiger partial charge in [0.15, 0.2) is 5.82 Å². The number of aromatic nitrogens is 7. The van der Waals surface area contributed by atoms with Crippen LogP contribution in [0.2, 0.25) is 0 Å². The quantitative estimate of drug-likeness (QED) is 0.680. The van der Waals surface area contributed by atoms with Gasteiger partial charge in [0.2, 0.25) is 11.6 Å². The fourth-order valence-electron chi connectivity index (χ4n) is 3.30. The van der Waals surface area contributed by atoms with Crippen molar-refractivity contribution in [3.05, 3.63) is 23.0 Å². The van der Waals surface area contributed by atoms with Crippen LogP contribution in [0.15, 0.2) is 0 Å². The van der Waals surface area contributed by atoms with Gasteiger partial charge >= 0.3 is 0 Å². The first-order valence-electron chi connectivity index (χ1n) is 8.98. The minimum absolute atomic E-state index is 0.502. The van der Waals surface area contributed by atoms with E-state index in [1.54, 1.807) is 7.11 Å². The molecule has 1 aliphatic rings. The molecule has 0 bridgehead atoms. The third-order valence-corrected chi connectivity index (χ3v) is 4.95. The van der Waals surface area contributed by atoms with Crippen molar-refractivity contribution in [3.8, 4) is 5.88 Å². The molecule has 0 aromatic carbocycles. The van der Waals surface area contributed by atoms with Crippen LogP contribution >= 0.6 is 0 Å². The summed E-state index contributed by atoms with van der Waals surface area (Å²) < 4.78 is 9.08. The predicted octanol–water partition coefficient (Wildman–Crippen LogP) is 1.26. The Morgan fingerprint density at radius 2 is 1.77 bits per heavy atom. The Morgan fingerprint density at radius 3 is 2.50 bits per heavy atom. The summed E-state index contributed by atoms with van der Waals surface area (Å²) in [5.41, 5.74) is 2.58. The Bertz CT molecular complexity index is 938. The first-order chi connectivity index (χ1) is 12.6. The van der Waals surface area contributed by atoms with Crippen molar-refractivity contribution in [2.45, 2.75) is 39.5 Å². The summed E-state index contributed by atoms with van der Waals surface area (Å²) in [6, 6.07) is 0. The van der Waals surface area contributed by atoms with Crippen molar-refractivity contribution in [3.63, 3.8) is 0 Å². The molecule has 4 rings (SSSR count). The van der Waals surface area contributed by atoms with Crippen molar-refractivity contribution in [2.75, 3.05) is 25.1 Å². The number of rotatable bonds is 5. The topological polar surface area (TPSA) is 86.3 Å². The standard InChI is InChI=1S/C17H24N8O/c1-11-12(2)25-15(18-11)16(26-4)19-13(21-25)7-8-14-20-17(22-23(14)3)24-9-5-6-10-24/h5-10H2,1-4H3. The molecular formula is C17H24N8O. The molecule has 1 saturated heterocycles. The molecule has 0 unspecified atom stereocenters. The number of methoxy groups -OCH3 is 1. The van der Waals surface area contributed by atoms with E-state index < -0.39 is 0 Å². The zero-order valence-electron chi connectivity index (χ0n) is 15.7. The largest absolute Gasteiger partial charge is 0.478 e. The lowest BCUT2D eigenvalue weighted by Gasteiger charge is -2.10. The molecule has 4 heterocycles. The van der Waals surface area contributed by atoms with E-state index in [4.69, 9.17) is 9.72 Å². The maximum Gasteiger partial charge on any atom is 0.261 e. The molecule has 9 nitrogen and oxygen atoms in total. The zero-order valence-corrected chi connectivity index (χ0v) is 15.7. The van der Waals surface area contributed by atoms with E-state index >= 15 is 0 Å². The molecule has 0 atom stereocenters. The molecular weight excluding hydrogens is 332 g/mol. The molecule has 1 fully saturated rings. The minimum atomic E-state index is 0.502. The Morgan fingerprint density at radius 1 is 1.00 bits per heavy atom. The molecule has 138 valence electrons. The third-order valence-electron chi connectivity index (χ3n) is 4.95. The average molecular weight is 356 g/mol.